The summed E-state index contributed by atoms with van der Waals surface area (Å²) >= 11 is 11.5. The lowest BCUT2D eigenvalue weighted by atomic mass is 10.3. The van der Waals surface area contributed by atoms with Crippen LogP contribution in [0.25, 0.3) is 11.0 Å². The fourth-order valence-electron chi connectivity index (χ4n) is 2.07. The summed E-state index contributed by atoms with van der Waals surface area (Å²) < 4.78 is 3.34. The summed E-state index contributed by atoms with van der Waals surface area (Å²) in [6, 6.07) is 6.57. The lowest BCUT2D eigenvalue weighted by Crippen LogP contribution is -2.11. The number of benzene rings is 1. The van der Waals surface area contributed by atoms with Gasteiger partial charge in [-0.05, 0) is 30.9 Å². The molecule has 0 bridgehead atoms. The van der Waals surface area contributed by atoms with Gasteiger partial charge in [0.25, 0.3) is 0 Å². The number of halogens is 2. The molecule has 1 unspecified atom stereocenters. The first-order chi connectivity index (χ1) is 8.67. The molecule has 0 N–H and O–H groups in total. The molecule has 2 aromatic rings. The summed E-state index contributed by atoms with van der Waals surface area (Å²) in [5, 5.41) is 0. The number of alkyl halides is 1. The maximum absolute atomic E-state index is 6.02. The van der Waals surface area contributed by atoms with E-state index in [-0.39, 0.29) is 0 Å². The summed E-state index contributed by atoms with van der Waals surface area (Å²) in [6.07, 6.45) is 0. The van der Waals surface area contributed by atoms with Crippen LogP contribution >= 0.6 is 39.3 Å². The van der Waals surface area contributed by atoms with Crippen LogP contribution in [0.2, 0.25) is 0 Å². The van der Waals surface area contributed by atoms with Crippen LogP contribution < -0.4 is 0 Å². The average Bonchev–Trinajstić information content (AvgIpc) is 2.73. The summed E-state index contributed by atoms with van der Waals surface area (Å²) in [4.78, 5) is 4.60. The van der Waals surface area contributed by atoms with Gasteiger partial charge in [0.05, 0.1) is 16.9 Å². The van der Waals surface area contributed by atoms with E-state index in [1.165, 1.54) is 0 Å². The van der Waals surface area contributed by atoms with Crippen molar-refractivity contribution in [2.75, 3.05) is 11.5 Å². The van der Waals surface area contributed by atoms with Gasteiger partial charge in [-0.3, -0.25) is 0 Å². The number of imidazole rings is 1. The van der Waals surface area contributed by atoms with Crippen molar-refractivity contribution >= 4 is 50.3 Å². The first-order valence-corrected chi connectivity index (χ1v) is 8.45. The number of hydrogen-bond acceptors (Lipinski definition) is 2. The Kier molecular flexibility index (Phi) is 4.98. The number of aromatic nitrogens is 2. The lowest BCUT2D eigenvalue weighted by Gasteiger charge is -2.16. The normalized spacial score (nSPS) is 13.1. The van der Waals surface area contributed by atoms with E-state index in [2.05, 4.69) is 45.4 Å². The molecule has 2 nitrogen and oxygen atoms in total. The van der Waals surface area contributed by atoms with Crippen molar-refractivity contribution < 1.29 is 0 Å². The van der Waals surface area contributed by atoms with Crippen molar-refractivity contribution in [1.82, 2.24) is 9.55 Å². The molecule has 98 valence electrons. The van der Waals surface area contributed by atoms with Crippen LogP contribution in [0.4, 0.5) is 0 Å². The molecular weight excluding hydrogens is 332 g/mol. The minimum Gasteiger partial charge on any atom is -0.323 e. The van der Waals surface area contributed by atoms with E-state index < -0.39 is 0 Å². The molecule has 1 aromatic carbocycles. The quantitative estimate of drug-likeness (QED) is 0.719. The van der Waals surface area contributed by atoms with Gasteiger partial charge in [0, 0.05) is 16.3 Å². The van der Waals surface area contributed by atoms with Crippen LogP contribution in [0.1, 0.15) is 25.7 Å². The fourth-order valence-corrected chi connectivity index (χ4v) is 3.33. The van der Waals surface area contributed by atoms with E-state index in [4.69, 9.17) is 11.6 Å². The number of hydrogen-bond donors (Lipinski definition) is 0. The third-order valence-electron chi connectivity index (χ3n) is 2.85. The van der Waals surface area contributed by atoms with Gasteiger partial charge < -0.3 is 4.57 Å². The molecule has 0 saturated carbocycles. The molecule has 18 heavy (non-hydrogen) atoms. The Morgan fingerprint density at radius 3 is 2.94 bits per heavy atom. The highest BCUT2D eigenvalue weighted by atomic mass is 79.9. The zero-order valence-corrected chi connectivity index (χ0v) is 13.6. The third-order valence-corrected chi connectivity index (χ3v) is 4.71. The van der Waals surface area contributed by atoms with Gasteiger partial charge in [0.1, 0.15) is 5.82 Å². The van der Waals surface area contributed by atoms with Crippen molar-refractivity contribution in [2.45, 2.75) is 25.8 Å². The molecule has 2 rings (SSSR count). The molecule has 0 saturated heterocycles. The Hall–Kier alpha value is -0.190. The molecule has 0 aliphatic carbocycles. The number of fused-ring (bicyclic) bond motifs is 1. The zero-order valence-electron chi connectivity index (χ0n) is 10.5. The molecule has 0 radical (unpaired) electrons. The molecule has 1 heterocycles. The van der Waals surface area contributed by atoms with Crippen LogP contribution in [0.15, 0.2) is 22.7 Å². The standard InChI is InChI=1S/C13H16BrClN2S/c1-3-18-8-9(2)17-12-6-10(14)4-5-11(12)16-13(17)7-15/h4-6,9H,3,7-8H2,1-2H3. The molecule has 0 fully saturated rings. The van der Waals surface area contributed by atoms with Crippen LogP contribution in [0.3, 0.4) is 0 Å². The van der Waals surface area contributed by atoms with Crippen LogP contribution in [-0.2, 0) is 5.88 Å². The fraction of sp³-hybridized carbons (Fsp3) is 0.462. The van der Waals surface area contributed by atoms with Crippen molar-refractivity contribution in [3.05, 3.63) is 28.5 Å². The van der Waals surface area contributed by atoms with Gasteiger partial charge in [-0.15, -0.1) is 11.6 Å². The lowest BCUT2D eigenvalue weighted by molar-refractivity contribution is 0.606. The van der Waals surface area contributed by atoms with Gasteiger partial charge in [0.2, 0.25) is 0 Å². The van der Waals surface area contributed by atoms with Crippen LogP contribution in [0, 0.1) is 0 Å². The van der Waals surface area contributed by atoms with Gasteiger partial charge in [-0.25, -0.2) is 4.98 Å². The Balaban J connectivity index is 2.48. The highest BCUT2D eigenvalue weighted by Gasteiger charge is 2.15. The summed E-state index contributed by atoms with van der Waals surface area (Å²) in [6.45, 7) is 4.41. The first-order valence-electron chi connectivity index (χ1n) is 5.97. The van der Waals surface area contributed by atoms with Crippen molar-refractivity contribution in [1.29, 1.82) is 0 Å². The molecule has 1 aromatic heterocycles. The molecule has 5 heteroatoms. The van der Waals surface area contributed by atoms with Gasteiger partial charge in [-0.1, -0.05) is 22.9 Å². The topological polar surface area (TPSA) is 17.8 Å². The first kappa shape index (κ1) is 14.2. The van der Waals surface area contributed by atoms with E-state index >= 15 is 0 Å². The Labute approximate surface area is 125 Å². The van der Waals surface area contributed by atoms with Crippen LogP contribution in [0.5, 0.6) is 0 Å². The molecule has 1 atom stereocenters. The maximum atomic E-state index is 6.02. The Morgan fingerprint density at radius 2 is 2.28 bits per heavy atom. The number of nitrogens with zero attached hydrogens (tertiary/aromatic N) is 2. The number of rotatable bonds is 5. The Morgan fingerprint density at radius 1 is 1.50 bits per heavy atom. The van der Waals surface area contributed by atoms with Gasteiger partial charge in [0.15, 0.2) is 0 Å². The molecular formula is C13H16BrClN2S. The second kappa shape index (κ2) is 6.31. The summed E-state index contributed by atoms with van der Waals surface area (Å²) in [7, 11) is 0. The smallest absolute Gasteiger partial charge is 0.125 e. The van der Waals surface area contributed by atoms with Crippen molar-refractivity contribution in [3.8, 4) is 0 Å². The predicted octanol–water partition coefficient (Wildman–Crippen LogP) is 4.85. The average molecular weight is 348 g/mol. The second-order valence-corrected chi connectivity index (χ2v) is 6.68. The van der Waals surface area contributed by atoms with Crippen molar-refractivity contribution in [2.24, 2.45) is 0 Å². The molecule has 0 spiro atoms. The highest BCUT2D eigenvalue weighted by molar-refractivity contribution is 9.10. The predicted molar refractivity (Wildman–Crippen MR) is 84.7 cm³/mol. The third kappa shape index (κ3) is 2.86. The summed E-state index contributed by atoms with van der Waals surface area (Å²) in [5.41, 5.74) is 2.17. The molecule has 0 aliphatic rings. The van der Waals surface area contributed by atoms with E-state index in [9.17, 15) is 0 Å². The van der Waals surface area contributed by atoms with E-state index in [1.54, 1.807) is 0 Å². The minimum atomic E-state index is 0.406. The monoisotopic (exact) mass is 346 g/mol. The zero-order chi connectivity index (χ0) is 13.1. The molecule has 0 aliphatic heterocycles. The molecule has 0 amide bonds. The SMILES string of the molecule is CCSCC(C)n1c(CCl)nc2ccc(Br)cc21. The van der Waals surface area contributed by atoms with E-state index in [0.29, 0.717) is 11.9 Å². The van der Waals surface area contributed by atoms with E-state index in [0.717, 1.165) is 32.8 Å². The number of thioether (sulfide) groups is 1. The van der Waals surface area contributed by atoms with Crippen molar-refractivity contribution in [3.63, 3.8) is 0 Å². The summed E-state index contributed by atoms with van der Waals surface area (Å²) in [5.74, 6) is 3.62. The maximum Gasteiger partial charge on any atom is 0.125 e. The van der Waals surface area contributed by atoms with Crippen LogP contribution in [-0.4, -0.2) is 21.1 Å². The Bertz CT molecular complexity index is 541. The van der Waals surface area contributed by atoms with E-state index in [1.807, 2.05) is 23.9 Å². The van der Waals surface area contributed by atoms with Gasteiger partial charge in [-0.2, -0.15) is 11.8 Å². The second-order valence-electron chi connectivity index (χ2n) is 4.17. The minimum absolute atomic E-state index is 0.406. The highest BCUT2D eigenvalue weighted by Crippen LogP contribution is 2.27. The van der Waals surface area contributed by atoms with Gasteiger partial charge >= 0.3 is 0 Å². The largest absolute Gasteiger partial charge is 0.323 e.